The van der Waals surface area contributed by atoms with Crippen molar-refractivity contribution in [3.63, 3.8) is 0 Å². The number of halogens is 1. The van der Waals surface area contributed by atoms with Crippen LogP contribution in [0.5, 0.6) is 17.2 Å². The van der Waals surface area contributed by atoms with Crippen LogP contribution in [-0.4, -0.2) is 44.6 Å². The number of amides is 1. The van der Waals surface area contributed by atoms with Crippen molar-refractivity contribution in [2.45, 2.75) is 10.8 Å². The smallest absolute Gasteiger partial charge is 0.274 e. The summed E-state index contributed by atoms with van der Waals surface area (Å²) in [5.74, 6) is 1.29. The summed E-state index contributed by atoms with van der Waals surface area (Å²) >= 11 is 10.7. The first-order valence-electron chi connectivity index (χ1n) is 10.8. The van der Waals surface area contributed by atoms with Gasteiger partial charge in [-0.05, 0) is 46.5 Å². The molecule has 1 aliphatic rings. The topological polar surface area (TPSA) is 93.2 Å². The predicted octanol–water partition coefficient (Wildman–Crippen LogP) is 6.02. The van der Waals surface area contributed by atoms with Gasteiger partial charge >= 0.3 is 0 Å². The van der Waals surface area contributed by atoms with Crippen molar-refractivity contribution in [3.8, 4) is 17.2 Å². The summed E-state index contributed by atoms with van der Waals surface area (Å²) < 4.78 is 16.4. The number of nitroso groups, excluding NO2 is 1. The number of nitrogens with one attached hydrogen (secondary N) is 1. The number of rotatable bonds is 6. The zero-order valence-electron chi connectivity index (χ0n) is 19.2. The SMILES string of the molecule is COc1cc2cc(C(=O)N3CC(CCl)c4c3cc(N=O)c3cc(S)ccc43)[nH]c2c(OC)c1OC. The summed E-state index contributed by atoms with van der Waals surface area (Å²) in [4.78, 5) is 31.0. The highest BCUT2D eigenvalue weighted by atomic mass is 35.5. The second-order valence-corrected chi connectivity index (χ2v) is 9.03. The maximum absolute atomic E-state index is 13.8. The molecule has 0 spiro atoms. The van der Waals surface area contributed by atoms with Crippen molar-refractivity contribution in [1.82, 2.24) is 4.98 Å². The Bertz CT molecular complexity index is 1500. The number of hydrogen-bond donors (Lipinski definition) is 2. The van der Waals surface area contributed by atoms with E-state index in [2.05, 4.69) is 22.8 Å². The predicted molar refractivity (Wildman–Crippen MR) is 140 cm³/mol. The highest BCUT2D eigenvalue weighted by molar-refractivity contribution is 7.80. The van der Waals surface area contributed by atoms with E-state index in [1.807, 2.05) is 12.1 Å². The molecule has 2 heterocycles. The number of methoxy groups -OCH3 is 3. The summed E-state index contributed by atoms with van der Waals surface area (Å²) in [5, 5.41) is 5.47. The van der Waals surface area contributed by atoms with Crippen LogP contribution < -0.4 is 19.1 Å². The number of thiol groups is 1. The number of alkyl halides is 1. The molecular formula is C25H22ClN3O5S. The van der Waals surface area contributed by atoms with Crippen molar-refractivity contribution in [2.75, 3.05) is 38.7 Å². The number of benzene rings is 3. The summed E-state index contributed by atoms with van der Waals surface area (Å²) in [5.41, 5.74) is 2.74. The molecule has 35 heavy (non-hydrogen) atoms. The molecule has 0 saturated carbocycles. The second kappa shape index (κ2) is 8.98. The molecule has 0 radical (unpaired) electrons. The van der Waals surface area contributed by atoms with Gasteiger partial charge in [0.1, 0.15) is 11.4 Å². The number of ether oxygens (including phenoxy) is 3. The van der Waals surface area contributed by atoms with Gasteiger partial charge in [-0.3, -0.25) is 4.79 Å². The van der Waals surface area contributed by atoms with Gasteiger partial charge in [0.15, 0.2) is 11.5 Å². The van der Waals surface area contributed by atoms with Gasteiger partial charge in [-0.1, -0.05) is 6.07 Å². The van der Waals surface area contributed by atoms with Crippen LogP contribution in [0.4, 0.5) is 11.4 Å². The Kier molecular flexibility index (Phi) is 5.98. The number of aromatic nitrogens is 1. The minimum atomic E-state index is -0.267. The molecule has 5 rings (SSSR count). The van der Waals surface area contributed by atoms with Crippen LogP contribution in [0, 0.1) is 4.91 Å². The quantitative estimate of drug-likeness (QED) is 0.188. The molecule has 10 heteroatoms. The fraction of sp³-hybridized carbons (Fsp3) is 0.240. The minimum absolute atomic E-state index is 0.108. The Labute approximate surface area is 211 Å². The second-order valence-electron chi connectivity index (χ2n) is 8.21. The number of aromatic amines is 1. The lowest BCUT2D eigenvalue weighted by Crippen LogP contribution is -2.30. The van der Waals surface area contributed by atoms with Gasteiger partial charge in [0, 0.05) is 34.0 Å². The Morgan fingerprint density at radius 2 is 1.89 bits per heavy atom. The van der Waals surface area contributed by atoms with E-state index in [4.69, 9.17) is 25.8 Å². The normalized spacial score (nSPS) is 14.9. The van der Waals surface area contributed by atoms with Crippen molar-refractivity contribution in [1.29, 1.82) is 0 Å². The highest BCUT2D eigenvalue weighted by Gasteiger charge is 2.36. The van der Waals surface area contributed by atoms with Crippen LogP contribution in [0.3, 0.4) is 0 Å². The Morgan fingerprint density at radius 3 is 2.54 bits per heavy atom. The Morgan fingerprint density at radius 1 is 1.11 bits per heavy atom. The molecule has 3 aromatic carbocycles. The largest absolute Gasteiger partial charge is 0.493 e. The van der Waals surface area contributed by atoms with Crippen molar-refractivity contribution in [3.05, 3.63) is 52.6 Å². The molecule has 1 N–H and O–H groups in total. The molecule has 1 aromatic heterocycles. The summed E-state index contributed by atoms with van der Waals surface area (Å²) in [6, 6.07) is 10.7. The minimum Gasteiger partial charge on any atom is -0.493 e. The zero-order chi connectivity index (χ0) is 24.9. The lowest BCUT2D eigenvalue weighted by molar-refractivity contribution is 0.0984. The molecule has 0 saturated heterocycles. The monoisotopic (exact) mass is 511 g/mol. The van der Waals surface area contributed by atoms with Gasteiger partial charge in [-0.25, -0.2) is 0 Å². The van der Waals surface area contributed by atoms with Crippen LogP contribution in [0.2, 0.25) is 0 Å². The molecule has 1 atom stereocenters. The van der Waals surface area contributed by atoms with Gasteiger partial charge in [-0.15, -0.1) is 29.1 Å². The molecule has 1 amide bonds. The Balaban J connectivity index is 1.66. The Hall–Kier alpha value is -3.43. The summed E-state index contributed by atoms with van der Waals surface area (Å²) in [6.45, 7) is 0.372. The maximum atomic E-state index is 13.8. The van der Waals surface area contributed by atoms with E-state index in [0.29, 0.717) is 56.9 Å². The molecule has 0 aliphatic carbocycles. The van der Waals surface area contributed by atoms with Crippen molar-refractivity contribution >= 4 is 63.2 Å². The molecule has 8 nitrogen and oxygen atoms in total. The third-order valence-corrected chi connectivity index (χ3v) is 7.05. The van der Waals surface area contributed by atoms with E-state index >= 15 is 0 Å². The van der Waals surface area contributed by atoms with E-state index in [1.165, 1.54) is 21.3 Å². The van der Waals surface area contributed by atoms with Gasteiger partial charge in [0.25, 0.3) is 5.91 Å². The first kappa shape index (κ1) is 23.3. The molecule has 4 aromatic rings. The average Bonchev–Trinajstić information content (AvgIpc) is 3.47. The first-order valence-corrected chi connectivity index (χ1v) is 11.8. The lowest BCUT2D eigenvalue weighted by atomic mass is 9.95. The zero-order valence-corrected chi connectivity index (χ0v) is 20.9. The molecule has 1 unspecified atom stereocenters. The van der Waals surface area contributed by atoms with Crippen molar-refractivity contribution < 1.29 is 19.0 Å². The van der Waals surface area contributed by atoms with E-state index in [9.17, 15) is 9.70 Å². The third kappa shape index (κ3) is 3.57. The maximum Gasteiger partial charge on any atom is 0.274 e. The standard InChI is InChI=1S/C25H22ClN3O5S/c1-32-20-7-12-6-18(27-22(12)24(34-3)23(20)33-2)25(30)29-11-13(10-26)21-15-5-4-14(35)8-16(15)17(28-31)9-19(21)29/h4-9,13,27,35H,10-11H2,1-3H3. The van der Waals surface area contributed by atoms with Gasteiger partial charge in [0.05, 0.1) is 32.5 Å². The fourth-order valence-electron chi connectivity index (χ4n) is 4.86. The third-order valence-electron chi connectivity index (χ3n) is 6.40. The molecule has 0 bridgehead atoms. The molecular weight excluding hydrogens is 490 g/mol. The average molecular weight is 512 g/mol. The number of carbonyl (C=O) groups is 1. The fourth-order valence-corrected chi connectivity index (χ4v) is 5.32. The van der Waals surface area contributed by atoms with Gasteiger partial charge in [-0.2, -0.15) is 0 Å². The van der Waals surface area contributed by atoms with Gasteiger partial charge < -0.3 is 24.1 Å². The molecule has 0 fully saturated rings. The van der Waals surface area contributed by atoms with E-state index in [0.717, 1.165) is 16.3 Å². The molecule has 1 aliphatic heterocycles. The summed E-state index contributed by atoms with van der Waals surface area (Å²) in [6.07, 6.45) is 0. The van der Waals surface area contributed by atoms with Crippen LogP contribution in [0.25, 0.3) is 21.7 Å². The van der Waals surface area contributed by atoms with Crippen LogP contribution in [0.1, 0.15) is 22.0 Å². The summed E-state index contributed by atoms with van der Waals surface area (Å²) in [7, 11) is 4.58. The number of fused-ring (bicyclic) bond motifs is 4. The van der Waals surface area contributed by atoms with Gasteiger partial charge in [0.2, 0.25) is 5.75 Å². The lowest BCUT2D eigenvalue weighted by Gasteiger charge is -2.17. The van der Waals surface area contributed by atoms with E-state index in [-0.39, 0.29) is 17.5 Å². The number of anilines is 1. The number of nitrogens with zero attached hydrogens (tertiary/aromatic N) is 2. The van der Waals surface area contributed by atoms with E-state index in [1.54, 1.807) is 29.2 Å². The first-order chi connectivity index (χ1) is 16.9. The number of carbonyl (C=O) groups excluding carboxylic acids is 1. The molecule has 180 valence electrons. The van der Waals surface area contributed by atoms with E-state index < -0.39 is 0 Å². The van der Waals surface area contributed by atoms with Crippen LogP contribution in [0.15, 0.2) is 46.5 Å². The number of hydrogen-bond acceptors (Lipinski definition) is 7. The highest BCUT2D eigenvalue weighted by Crippen LogP contribution is 2.47. The van der Waals surface area contributed by atoms with Crippen molar-refractivity contribution in [2.24, 2.45) is 5.18 Å². The van der Waals surface area contributed by atoms with Crippen LogP contribution >= 0.6 is 24.2 Å². The number of H-pyrrole nitrogens is 1. The van der Waals surface area contributed by atoms with Crippen LogP contribution in [-0.2, 0) is 0 Å².